The minimum atomic E-state index is -0.328. The van der Waals surface area contributed by atoms with Crippen molar-refractivity contribution in [2.24, 2.45) is 5.73 Å². The second kappa shape index (κ2) is 10.8. The largest absolute Gasteiger partial charge is 0.368 e. The van der Waals surface area contributed by atoms with Crippen LogP contribution in [0.2, 0.25) is 0 Å². The molecule has 3 rings (SSSR count). The van der Waals surface area contributed by atoms with Gasteiger partial charge < -0.3 is 16.4 Å². The molecule has 32 heavy (non-hydrogen) atoms. The Morgan fingerprint density at radius 2 is 2.12 bits per heavy atom. The van der Waals surface area contributed by atoms with E-state index in [0.29, 0.717) is 25.2 Å². The van der Waals surface area contributed by atoms with Crippen LogP contribution < -0.4 is 21.9 Å². The predicted octanol–water partition coefficient (Wildman–Crippen LogP) is 1.17. The van der Waals surface area contributed by atoms with Gasteiger partial charge in [0.05, 0.1) is 19.2 Å². The van der Waals surface area contributed by atoms with Gasteiger partial charge in [-0.3, -0.25) is 24.4 Å². The first-order valence-electron chi connectivity index (χ1n) is 10.8. The number of hydrogen-bond donors (Lipinski definition) is 4. The number of nitrogens with two attached hydrogens (primary N) is 1. The summed E-state index contributed by atoms with van der Waals surface area (Å²) in [4.78, 5) is 35.1. The Morgan fingerprint density at radius 3 is 2.75 bits per heavy atom. The molecule has 0 spiro atoms. The minimum absolute atomic E-state index is 0.106. The van der Waals surface area contributed by atoms with Crippen molar-refractivity contribution in [2.45, 2.75) is 45.2 Å². The zero-order valence-corrected chi connectivity index (χ0v) is 18.5. The van der Waals surface area contributed by atoms with Crippen molar-refractivity contribution in [3.8, 4) is 0 Å². The first-order valence-corrected chi connectivity index (χ1v) is 10.8. The first kappa shape index (κ1) is 23.3. The molecule has 0 saturated carbocycles. The van der Waals surface area contributed by atoms with Gasteiger partial charge in [-0.1, -0.05) is 37.3 Å². The number of carbonyl (C=O) groups excluding carboxylic acids is 1. The Labute approximate surface area is 187 Å². The number of amides is 1. The quantitative estimate of drug-likeness (QED) is 0.356. The molecule has 1 amide bonds. The Balaban J connectivity index is 1.61. The molecule has 1 fully saturated rings. The smallest absolute Gasteiger partial charge is 0.293 e. The van der Waals surface area contributed by atoms with E-state index in [2.05, 4.69) is 34.7 Å². The molecule has 10 heteroatoms. The summed E-state index contributed by atoms with van der Waals surface area (Å²) in [7, 11) is 0. The van der Waals surface area contributed by atoms with Crippen molar-refractivity contribution >= 4 is 17.7 Å². The molecular weight excluding hydrogens is 410 g/mol. The highest BCUT2D eigenvalue weighted by molar-refractivity contribution is 5.76. The van der Waals surface area contributed by atoms with Gasteiger partial charge >= 0.3 is 0 Å². The SMILES string of the molecule is CCC(CNc1ncc(C)n(CC(=O)NC2CCN(C(=N)N)OC2)c1=O)c1ccccc1. The van der Waals surface area contributed by atoms with E-state index in [1.807, 2.05) is 18.2 Å². The number of hydroxylamine groups is 2. The lowest BCUT2D eigenvalue weighted by atomic mass is 9.96. The third-order valence-corrected chi connectivity index (χ3v) is 5.58. The number of rotatable bonds is 8. The van der Waals surface area contributed by atoms with Crippen LogP contribution in [0.5, 0.6) is 0 Å². The summed E-state index contributed by atoms with van der Waals surface area (Å²) in [6, 6.07) is 9.93. The highest BCUT2D eigenvalue weighted by Gasteiger charge is 2.23. The Kier molecular flexibility index (Phi) is 7.82. The van der Waals surface area contributed by atoms with Gasteiger partial charge in [0, 0.05) is 24.4 Å². The molecule has 5 N–H and O–H groups in total. The number of aryl methyl sites for hydroxylation is 1. The average molecular weight is 442 g/mol. The van der Waals surface area contributed by atoms with E-state index in [4.69, 9.17) is 16.0 Å². The molecule has 1 aromatic heterocycles. The van der Waals surface area contributed by atoms with E-state index in [9.17, 15) is 9.59 Å². The summed E-state index contributed by atoms with van der Waals surface area (Å²) in [5.41, 5.74) is 6.87. The molecule has 2 unspecified atom stereocenters. The van der Waals surface area contributed by atoms with Gasteiger partial charge in [0.1, 0.15) is 6.54 Å². The molecule has 1 aliphatic rings. The van der Waals surface area contributed by atoms with Gasteiger partial charge in [-0.2, -0.15) is 0 Å². The second-order valence-electron chi connectivity index (χ2n) is 7.87. The van der Waals surface area contributed by atoms with Gasteiger partial charge in [0.2, 0.25) is 11.9 Å². The zero-order valence-electron chi connectivity index (χ0n) is 18.5. The van der Waals surface area contributed by atoms with Crippen molar-refractivity contribution < 1.29 is 9.63 Å². The number of aromatic nitrogens is 2. The number of benzene rings is 1. The summed E-state index contributed by atoms with van der Waals surface area (Å²) < 4.78 is 1.42. The van der Waals surface area contributed by atoms with Crippen molar-refractivity contribution in [1.29, 1.82) is 5.41 Å². The lowest BCUT2D eigenvalue weighted by Gasteiger charge is -2.31. The van der Waals surface area contributed by atoms with E-state index < -0.39 is 0 Å². The van der Waals surface area contributed by atoms with Gasteiger partial charge in [-0.15, -0.1) is 0 Å². The van der Waals surface area contributed by atoms with E-state index in [1.54, 1.807) is 13.1 Å². The van der Waals surface area contributed by atoms with Crippen LogP contribution in [-0.4, -0.2) is 52.2 Å². The lowest BCUT2D eigenvalue weighted by molar-refractivity contribution is -0.143. The molecule has 2 atom stereocenters. The van der Waals surface area contributed by atoms with Crippen molar-refractivity contribution in [2.75, 3.05) is 25.0 Å². The Hall–Kier alpha value is -3.40. The third kappa shape index (κ3) is 5.85. The first-order chi connectivity index (χ1) is 15.4. The third-order valence-electron chi connectivity index (χ3n) is 5.58. The standard InChI is InChI=1S/C22H31N7O3/c1-3-16(17-7-5-4-6-8-17)12-26-20-21(31)28(15(2)11-25-20)13-19(30)27-18-9-10-29(22(23)24)32-14-18/h4-8,11,16,18H,3,9-10,12-14H2,1-2H3,(H3,23,24)(H,25,26)(H,27,30). The number of hydrogen-bond acceptors (Lipinski definition) is 6. The van der Waals surface area contributed by atoms with Crippen molar-refractivity contribution in [3.05, 3.63) is 58.1 Å². The molecule has 0 bridgehead atoms. The topological polar surface area (TPSA) is 138 Å². The highest BCUT2D eigenvalue weighted by atomic mass is 16.7. The average Bonchev–Trinajstić information content (AvgIpc) is 2.79. The summed E-state index contributed by atoms with van der Waals surface area (Å²) in [6.07, 6.45) is 3.11. The van der Waals surface area contributed by atoms with E-state index in [1.165, 1.54) is 15.2 Å². The Bertz CT molecular complexity index is 985. The molecule has 2 aromatic rings. The van der Waals surface area contributed by atoms with Crippen LogP contribution in [0.15, 0.2) is 41.3 Å². The summed E-state index contributed by atoms with van der Waals surface area (Å²) in [6.45, 7) is 4.96. The van der Waals surface area contributed by atoms with Gasteiger partial charge in [0.25, 0.3) is 5.56 Å². The van der Waals surface area contributed by atoms with Gasteiger partial charge in [-0.05, 0) is 25.3 Å². The molecule has 1 aliphatic heterocycles. The van der Waals surface area contributed by atoms with Gasteiger partial charge in [0.15, 0.2) is 5.82 Å². The fraction of sp³-hybridized carbons (Fsp3) is 0.455. The molecule has 0 aliphatic carbocycles. The molecular formula is C22H31N7O3. The summed E-state index contributed by atoms with van der Waals surface area (Å²) >= 11 is 0. The number of guanidine groups is 1. The molecule has 2 heterocycles. The van der Waals surface area contributed by atoms with E-state index in [0.717, 1.165) is 6.42 Å². The van der Waals surface area contributed by atoms with E-state index >= 15 is 0 Å². The maximum Gasteiger partial charge on any atom is 0.293 e. The normalized spacial score (nSPS) is 16.9. The number of anilines is 1. The van der Waals surface area contributed by atoms with Crippen LogP contribution in [-0.2, 0) is 16.2 Å². The van der Waals surface area contributed by atoms with Crippen LogP contribution in [0, 0.1) is 12.3 Å². The predicted molar refractivity (Wildman–Crippen MR) is 122 cm³/mol. The Morgan fingerprint density at radius 1 is 1.38 bits per heavy atom. The molecule has 10 nitrogen and oxygen atoms in total. The maximum atomic E-state index is 13.0. The fourth-order valence-electron chi connectivity index (χ4n) is 3.65. The number of nitrogens with one attached hydrogen (secondary N) is 3. The highest BCUT2D eigenvalue weighted by Crippen LogP contribution is 2.19. The van der Waals surface area contributed by atoms with Crippen molar-refractivity contribution in [1.82, 2.24) is 19.9 Å². The van der Waals surface area contributed by atoms with Gasteiger partial charge in [-0.25, -0.2) is 10.0 Å². The molecule has 1 aromatic carbocycles. The molecule has 172 valence electrons. The van der Waals surface area contributed by atoms with Crippen molar-refractivity contribution in [3.63, 3.8) is 0 Å². The fourth-order valence-corrected chi connectivity index (χ4v) is 3.65. The second-order valence-corrected chi connectivity index (χ2v) is 7.87. The molecule has 0 radical (unpaired) electrons. The van der Waals surface area contributed by atoms with Crippen LogP contribution in [0.3, 0.4) is 0 Å². The van der Waals surface area contributed by atoms with Crippen LogP contribution >= 0.6 is 0 Å². The minimum Gasteiger partial charge on any atom is -0.368 e. The maximum absolute atomic E-state index is 13.0. The monoisotopic (exact) mass is 441 g/mol. The summed E-state index contributed by atoms with van der Waals surface area (Å²) in [5, 5.41) is 14.7. The lowest BCUT2D eigenvalue weighted by Crippen LogP contribution is -2.50. The van der Waals surface area contributed by atoms with Crippen LogP contribution in [0.1, 0.15) is 36.9 Å². The van der Waals surface area contributed by atoms with Crippen LogP contribution in [0.4, 0.5) is 5.82 Å². The zero-order chi connectivity index (χ0) is 23.1. The number of nitrogens with zero attached hydrogens (tertiary/aromatic N) is 3. The van der Waals surface area contributed by atoms with Crippen LogP contribution in [0.25, 0.3) is 0 Å². The molecule has 1 saturated heterocycles. The summed E-state index contributed by atoms with van der Waals surface area (Å²) in [5.74, 6) is 0.0338. The van der Waals surface area contributed by atoms with E-state index in [-0.39, 0.29) is 48.4 Å². The number of carbonyl (C=O) groups is 1.